The van der Waals surface area contributed by atoms with Gasteiger partial charge in [-0.1, -0.05) is 6.08 Å². The Morgan fingerprint density at radius 3 is 2.90 bits per heavy atom. The molecule has 0 bridgehead atoms. The number of hydrogen-bond donors (Lipinski definition) is 0. The molecule has 52 valence electrons. The van der Waals surface area contributed by atoms with Crippen molar-refractivity contribution in [2.45, 2.75) is 0 Å². The third-order valence-corrected chi connectivity index (χ3v) is 1.33. The van der Waals surface area contributed by atoms with Crippen molar-refractivity contribution in [1.29, 1.82) is 0 Å². The number of carbonyl (C=O) groups excluding carboxylic acids is 1. The molecule has 2 heteroatoms. The molecule has 2 nitrogen and oxygen atoms in total. The Kier molecular flexibility index (Phi) is 2.05. The van der Waals surface area contributed by atoms with E-state index in [-0.39, 0.29) is 0 Å². The molecule has 0 saturated carbocycles. The van der Waals surface area contributed by atoms with Gasteiger partial charge in [-0.15, -0.1) is 0 Å². The largest absolute Gasteiger partial charge is 0.351 e. The van der Waals surface area contributed by atoms with Crippen molar-refractivity contribution in [1.82, 2.24) is 4.90 Å². The molecule has 0 unspecified atom stereocenters. The first-order chi connectivity index (χ1) is 4.84. The number of hydrogen-bond acceptors (Lipinski definition) is 2. The maximum atomic E-state index is 10.1. The molecule has 0 radical (unpaired) electrons. The number of carbonyl (C=O) groups is 1. The van der Waals surface area contributed by atoms with Crippen LogP contribution >= 0.6 is 0 Å². The molecule has 1 aliphatic rings. The lowest BCUT2D eigenvalue weighted by molar-refractivity contribution is -0.104. The molecule has 0 aliphatic carbocycles. The molecular weight excluding hydrogens is 126 g/mol. The van der Waals surface area contributed by atoms with Crippen LogP contribution in [0.5, 0.6) is 0 Å². The minimum Gasteiger partial charge on any atom is -0.351 e. The number of likely N-dealkylation sites (N-methyl/N-ethyl adjacent to an activating group) is 1. The average molecular weight is 135 g/mol. The average Bonchev–Trinajstić information content (AvgIpc) is 1.94. The highest BCUT2D eigenvalue weighted by Crippen LogP contribution is 2.07. The third-order valence-electron chi connectivity index (χ3n) is 1.33. The molecule has 10 heavy (non-hydrogen) atoms. The summed E-state index contributed by atoms with van der Waals surface area (Å²) in [7, 11) is 1.90. The van der Waals surface area contributed by atoms with Gasteiger partial charge in [0.2, 0.25) is 0 Å². The van der Waals surface area contributed by atoms with Crippen molar-refractivity contribution in [3.8, 4) is 0 Å². The van der Waals surface area contributed by atoms with Gasteiger partial charge in [-0.05, 0) is 12.2 Å². The Bertz CT molecular complexity index is 213. The van der Waals surface area contributed by atoms with E-state index in [1.54, 1.807) is 0 Å². The quantitative estimate of drug-likeness (QED) is 0.396. The van der Waals surface area contributed by atoms with Crippen LogP contribution in [0.25, 0.3) is 0 Å². The van der Waals surface area contributed by atoms with Gasteiger partial charge < -0.3 is 4.90 Å². The van der Waals surface area contributed by atoms with E-state index in [2.05, 4.69) is 0 Å². The summed E-state index contributed by atoms with van der Waals surface area (Å²) in [6, 6.07) is 0. The summed E-state index contributed by atoms with van der Waals surface area (Å²) >= 11 is 0. The summed E-state index contributed by atoms with van der Waals surface area (Å²) in [6.45, 7) is 0. The van der Waals surface area contributed by atoms with E-state index < -0.39 is 0 Å². The molecule has 0 spiro atoms. The van der Waals surface area contributed by atoms with Crippen molar-refractivity contribution in [2.24, 2.45) is 0 Å². The smallest absolute Gasteiger partial charge is 0.144 e. The minimum atomic E-state index is 0.787. The normalized spacial score (nSPS) is 20.1. The zero-order valence-corrected chi connectivity index (χ0v) is 5.82. The van der Waals surface area contributed by atoms with Crippen LogP contribution in [0.3, 0.4) is 0 Å². The van der Waals surface area contributed by atoms with E-state index in [9.17, 15) is 4.79 Å². The molecule has 0 amide bonds. The number of rotatable bonds is 1. The predicted octanol–water partition coefficient (Wildman–Crippen LogP) is 1.08. The molecule has 0 saturated heterocycles. The molecule has 0 aromatic carbocycles. The summed E-state index contributed by atoms with van der Waals surface area (Å²) in [4.78, 5) is 11.9. The Labute approximate surface area is 60.1 Å². The highest BCUT2D eigenvalue weighted by Gasteiger charge is 1.97. The van der Waals surface area contributed by atoms with Crippen LogP contribution in [0.1, 0.15) is 0 Å². The number of aldehydes is 1. The second kappa shape index (κ2) is 3.01. The van der Waals surface area contributed by atoms with Crippen molar-refractivity contribution in [3.63, 3.8) is 0 Å². The fourth-order valence-corrected chi connectivity index (χ4v) is 0.779. The van der Waals surface area contributed by atoms with E-state index in [4.69, 9.17) is 0 Å². The van der Waals surface area contributed by atoms with Gasteiger partial charge in [-0.2, -0.15) is 0 Å². The van der Waals surface area contributed by atoms with Gasteiger partial charge in [0.15, 0.2) is 0 Å². The monoisotopic (exact) mass is 135 g/mol. The van der Waals surface area contributed by atoms with Gasteiger partial charge in [0.05, 0.1) is 0 Å². The van der Waals surface area contributed by atoms with E-state index in [1.165, 1.54) is 6.08 Å². The van der Waals surface area contributed by atoms with Crippen molar-refractivity contribution in [3.05, 3.63) is 36.2 Å². The maximum absolute atomic E-state index is 10.1. The molecule has 0 N–H and O–H groups in total. The molecule has 0 fully saturated rings. The van der Waals surface area contributed by atoms with Gasteiger partial charge in [-0.25, -0.2) is 0 Å². The summed E-state index contributed by atoms with van der Waals surface area (Å²) < 4.78 is 0. The van der Waals surface area contributed by atoms with Crippen LogP contribution in [-0.4, -0.2) is 18.2 Å². The van der Waals surface area contributed by atoms with Gasteiger partial charge in [0.25, 0.3) is 0 Å². The highest BCUT2D eigenvalue weighted by molar-refractivity contribution is 5.67. The van der Waals surface area contributed by atoms with Crippen LogP contribution < -0.4 is 0 Å². The van der Waals surface area contributed by atoms with Crippen molar-refractivity contribution >= 4 is 6.29 Å². The minimum absolute atomic E-state index is 0.787. The Morgan fingerprint density at radius 2 is 2.30 bits per heavy atom. The standard InChI is InChI=1S/C8H9NO/c1-9-6-3-2-4-8(9)5-7-10/h2-7H,1H3. The number of nitrogens with zero attached hydrogens (tertiary/aromatic N) is 1. The fourth-order valence-electron chi connectivity index (χ4n) is 0.779. The first-order valence-electron chi connectivity index (χ1n) is 3.08. The zero-order chi connectivity index (χ0) is 7.40. The first-order valence-corrected chi connectivity index (χ1v) is 3.08. The topological polar surface area (TPSA) is 20.3 Å². The third kappa shape index (κ3) is 1.35. The molecule has 0 atom stereocenters. The Hall–Kier alpha value is -1.31. The van der Waals surface area contributed by atoms with Crippen molar-refractivity contribution < 1.29 is 4.79 Å². The van der Waals surface area contributed by atoms with Gasteiger partial charge in [0.1, 0.15) is 6.29 Å². The van der Waals surface area contributed by atoms with E-state index in [0.29, 0.717) is 0 Å². The summed E-state index contributed by atoms with van der Waals surface area (Å²) in [5.74, 6) is 0. The summed E-state index contributed by atoms with van der Waals surface area (Å²) in [5.41, 5.74) is 0.914. The van der Waals surface area contributed by atoms with Gasteiger partial charge in [-0.3, -0.25) is 4.79 Å². The van der Waals surface area contributed by atoms with E-state index >= 15 is 0 Å². The molecular formula is C8H9NO. The summed E-state index contributed by atoms with van der Waals surface area (Å²) in [6.07, 6.45) is 9.91. The number of allylic oxidation sites excluding steroid dienone is 4. The van der Waals surface area contributed by atoms with Crippen LogP contribution in [0, 0.1) is 0 Å². The summed E-state index contributed by atoms with van der Waals surface area (Å²) in [5, 5.41) is 0. The SMILES string of the molecule is CN1C=CC=CC1=CC=O. The molecule has 1 aliphatic heterocycles. The van der Waals surface area contributed by atoms with E-state index in [1.807, 2.05) is 36.4 Å². The van der Waals surface area contributed by atoms with Gasteiger partial charge in [0, 0.05) is 25.0 Å². The fraction of sp³-hybridized carbons (Fsp3) is 0.125. The molecule has 0 aromatic rings. The highest BCUT2D eigenvalue weighted by atomic mass is 16.1. The van der Waals surface area contributed by atoms with Crippen LogP contribution in [0.2, 0.25) is 0 Å². The van der Waals surface area contributed by atoms with E-state index in [0.717, 1.165) is 12.0 Å². The zero-order valence-electron chi connectivity index (χ0n) is 5.82. The van der Waals surface area contributed by atoms with Crippen molar-refractivity contribution in [2.75, 3.05) is 7.05 Å². The lowest BCUT2D eigenvalue weighted by Gasteiger charge is -2.16. The van der Waals surface area contributed by atoms with Crippen LogP contribution in [0.15, 0.2) is 36.2 Å². The Morgan fingerprint density at radius 1 is 1.50 bits per heavy atom. The molecule has 0 aromatic heterocycles. The Balaban J connectivity index is 2.79. The van der Waals surface area contributed by atoms with Gasteiger partial charge >= 0.3 is 0 Å². The maximum Gasteiger partial charge on any atom is 0.144 e. The second-order valence-corrected chi connectivity index (χ2v) is 2.04. The first kappa shape index (κ1) is 6.81. The lowest BCUT2D eigenvalue weighted by Crippen LogP contribution is -2.10. The molecule has 1 rings (SSSR count). The lowest BCUT2D eigenvalue weighted by atomic mass is 10.3. The predicted molar refractivity (Wildman–Crippen MR) is 40.2 cm³/mol. The van der Waals surface area contributed by atoms with Crippen LogP contribution in [-0.2, 0) is 4.79 Å². The molecule has 1 heterocycles. The van der Waals surface area contributed by atoms with Crippen LogP contribution in [0.4, 0.5) is 0 Å². The second-order valence-electron chi connectivity index (χ2n) is 2.04.